The van der Waals surface area contributed by atoms with Gasteiger partial charge in [0.05, 0.1) is 10.4 Å². The third kappa shape index (κ3) is 1.54. The molecule has 90 valence electrons. The van der Waals surface area contributed by atoms with Gasteiger partial charge in [-0.25, -0.2) is 0 Å². The number of carbonyl (C=O) groups is 1. The molecular formula is C13H14BrNO2. The molecule has 1 aromatic carbocycles. The summed E-state index contributed by atoms with van der Waals surface area (Å²) in [6.45, 7) is 4.79. The van der Waals surface area contributed by atoms with Crippen molar-refractivity contribution in [3.05, 3.63) is 35.4 Å². The minimum absolute atomic E-state index is 0.0746. The van der Waals surface area contributed by atoms with Crippen molar-refractivity contribution >= 4 is 21.8 Å². The molecule has 0 unspecified atom stereocenters. The van der Waals surface area contributed by atoms with Gasteiger partial charge in [0.25, 0.3) is 5.91 Å². The van der Waals surface area contributed by atoms with Crippen LogP contribution in [0.25, 0.3) is 0 Å². The van der Waals surface area contributed by atoms with Gasteiger partial charge in [-0.05, 0) is 19.9 Å². The van der Waals surface area contributed by atoms with Gasteiger partial charge in [-0.15, -0.1) is 0 Å². The molecule has 0 radical (unpaired) electrons. The Balaban J connectivity index is 2.05. The van der Waals surface area contributed by atoms with Gasteiger partial charge in [0, 0.05) is 17.7 Å². The Bertz CT molecular complexity index is 486. The zero-order valence-electron chi connectivity index (χ0n) is 9.81. The van der Waals surface area contributed by atoms with E-state index in [9.17, 15) is 4.79 Å². The zero-order valence-corrected chi connectivity index (χ0v) is 11.4. The Hall–Kier alpha value is -0.870. The number of halogens is 1. The van der Waals surface area contributed by atoms with E-state index in [4.69, 9.17) is 4.74 Å². The molecule has 2 heterocycles. The average Bonchev–Trinajstić information content (AvgIpc) is 2.55. The summed E-state index contributed by atoms with van der Waals surface area (Å²) in [7, 11) is 0. The van der Waals surface area contributed by atoms with Crippen LogP contribution in [-0.2, 0) is 4.74 Å². The Morgan fingerprint density at radius 3 is 2.88 bits per heavy atom. The second-order valence-electron chi connectivity index (χ2n) is 5.09. The lowest BCUT2D eigenvalue weighted by Crippen LogP contribution is -2.52. The quantitative estimate of drug-likeness (QED) is 0.689. The molecule has 2 aliphatic heterocycles. The van der Waals surface area contributed by atoms with Crippen LogP contribution in [0.5, 0.6) is 0 Å². The van der Waals surface area contributed by atoms with Crippen molar-refractivity contribution in [2.45, 2.75) is 30.5 Å². The summed E-state index contributed by atoms with van der Waals surface area (Å²) in [5.41, 5.74) is 1.50. The van der Waals surface area contributed by atoms with E-state index in [0.29, 0.717) is 6.54 Å². The first kappa shape index (κ1) is 11.2. The second-order valence-corrected chi connectivity index (χ2v) is 6.19. The molecule has 4 heteroatoms. The average molecular weight is 296 g/mol. The smallest absolute Gasteiger partial charge is 0.256 e. The Labute approximate surface area is 109 Å². The molecule has 0 saturated carbocycles. The molecule has 3 rings (SSSR count). The highest BCUT2D eigenvalue weighted by molar-refractivity contribution is 9.09. The minimum Gasteiger partial charge on any atom is -0.347 e. The van der Waals surface area contributed by atoms with Crippen molar-refractivity contribution in [2.24, 2.45) is 0 Å². The summed E-state index contributed by atoms with van der Waals surface area (Å²) in [5, 5.41) is 0. The molecular weight excluding hydrogens is 282 g/mol. The summed E-state index contributed by atoms with van der Waals surface area (Å²) in [5.74, 6) is 0.0746. The second kappa shape index (κ2) is 3.56. The predicted molar refractivity (Wildman–Crippen MR) is 68.1 cm³/mol. The molecule has 0 spiro atoms. The molecule has 0 N–H and O–H groups in total. The van der Waals surface area contributed by atoms with Gasteiger partial charge in [0.1, 0.15) is 0 Å². The number of fused-ring (bicyclic) bond motifs is 3. The van der Waals surface area contributed by atoms with Crippen LogP contribution in [0.1, 0.15) is 36.0 Å². The van der Waals surface area contributed by atoms with Crippen molar-refractivity contribution in [2.75, 3.05) is 6.54 Å². The Kier molecular flexibility index (Phi) is 2.35. The first-order chi connectivity index (χ1) is 8.00. The van der Waals surface area contributed by atoms with Crippen LogP contribution < -0.4 is 0 Å². The van der Waals surface area contributed by atoms with Crippen molar-refractivity contribution < 1.29 is 9.53 Å². The van der Waals surface area contributed by atoms with Crippen LogP contribution in [0.4, 0.5) is 0 Å². The molecule has 0 aromatic heterocycles. The molecule has 0 aliphatic carbocycles. The maximum absolute atomic E-state index is 12.2. The third-order valence-corrected chi connectivity index (χ3v) is 4.92. The fourth-order valence-corrected chi connectivity index (χ4v) is 2.82. The van der Waals surface area contributed by atoms with Gasteiger partial charge >= 0.3 is 0 Å². The topological polar surface area (TPSA) is 29.5 Å². The lowest BCUT2D eigenvalue weighted by atomic mass is 10.0. The van der Waals surface area contributed by atoms with E-state index in [1.165, 1.54) is 0 Å². The molecule has 1 fully saturated rings. The van der Waals surface area contributed by atoms with E-state index in [-0.39, 0.29) is 22.6 Å². The largest absolute Gasteiger partial charge is 0.347 e. The Morgan fingerprint density at radius 2 is 2.12 bits per heavy atom. The van der Waals surface area contributed by atoms with Crippen molar-refractivity contribution in [3.63, 3.8) is 0 Å². The van der Waals surface area contributed by atoms with Gasteiger partial charge in [0.2, 0.25) is 0 Å². The number of nitrogens with zero attached hydrogens (tertiary/aromatic N) is 1. The van der Waals surface area contributed by atoms with Gasteiger partial charge in [0.15, 0.2) is 6.23 Å². The van der Waals surface area contributed by atoms with E-state index in [1.54, 1.807) is 4.90 Å². The van der Waals surface area contributed by atoms with E-state index in [2.05, 4.69) is 29.8 Å². The lowest BCUT2D eigenvalue weighted by Gasteiger charge is -2.43. The summed E-state index contributed by atoms with van der Waals surface area (Å²) in [6.07, 6.45) is -0.220. The SMILES string of the molecule is CC1(C)O[C@@H]2c3ccccc3C(=O)N2C[C@H]1Br. The molecule has 0 bridgehead atoms. The highest BCUT2D eigenvalue weighted by Gasteiger charge is 2.47. The summed E-state index contributed by atoms with van der Waals surface area (Å²) in [6, 6.07) is 7.69. The summed E-state index contributed by atoms with van der Waals surface area (Å²) >= 11 is 3.60. The fraction of sp³-hybridized carbons (Fsp3) is 0.462. The standard InChI is InChI=1S/C13H14BrNO2/c1-13(2)10(14)7-15-11(16)8-5-3-4-6-9(8)12(15)17-13/h3-6,10,12H,7H2,1-2H3/t10-,12-/m1/s1. The molecule has 17 heavy (non-hydrogen) atoms. The van der Waals surface area contributed by atoms with Gasteiger partial charge in [-0.1, -0.05) is 34.1 Å². The maximum atomic E-state index is 12.2. The molecule has 1 saturated heterocycles. The predicted octanol–water partition coefficient (Wildman–Crippen LogP) is 2.71. The first-order valence-corrected chi connectivity index (χ1v) is 6.64. The number of benzene rings is 1. The minimum atomic E-state index is -0.265. The summed E-state index contributed by atoms with van der Waals surface area (Å²) in [4.78, 5) is 14.2. The molecule has 2 aliphatic rings. The number of hydrogen-bond donors (Lipinski definition) is 0. The van der Waals surface area contributed by atoms with Gasteiger partial charge < -0.3 is 9.64 Å². The van der Waals surface area contributed by atoms with Crippen LogP contribution in [0.2, 0.25) is 0 Å². The van der Waals surface area contributed by atoms with E-state index in [1.807, 2.05) is 24.3 Å². The van der Waals surface area contributed by atoms with Crippen LogP contribution in [0, 0.1) is 0 Å². The molecule has 3 nitrogen and oxygen atoms in total. The van der Waals surface area contributed by atoms with Crippen molar-refractivity contribution in [1.29, 1.82) is 0 Å². The highest BCUT2D eigenvalue weighted by Crippen LogP contribution is 2.43. The fourth-order valence-electron chi connectivity index (χ4n) is 2.40. The number of ether oxygens (including phenoxy) is 1. The maximum Gasteiger partial charge on any atom is 0.256 e. The number of carbonyl (C=O) groups excluding carboxylic acids is 1. The van der Waals surface area contributed by atoms with Crippen molar-refractivity contribution in [3.8, 4) is 0 Å². The molecule has 2 atom stereocenters. The van der Waals surface area contributed by atoms with Crippen LogP contribution in [0.3, 0.4) is 0 Å². The highest BCUT2D eigenvalue weighted by atomic mass is 79.9. The number of hydrogen-bond acceptors (Lipinski definition) is 2. The van der Waals surface area contributed by atoms with Gasteiger partial charge in [-0.3, -0.25) is 4.79 Å². The third-order valence-electron chi connectivity index (χ3n) is 3.53. The van der Waals surface area contributed by atoms with E-state index < -0.39 is 0 Å². The lowest BCUT2D eigenvalue weighted by molar-refractivity contribution is -0.158. The van der Waals surface area contributed by atoms with Crippen LogP contribution >= 0.6 is 15.9 Å². The van der Waals surface area contributed by atoms with Crippen LogP contribution in [0.15, 0.2) is 24.3 Å². The Morgan fingerprint density at radius 1 is 1.41 bits per heavy atom. The van der Waals surface area contributed by atoms with Gasteiger partial charge in [-0.2, -0.15) is 0 Å². The van der Waals surface area contributed by atoms with Crippen molar-refractivity contribution in [1.82, 2.24) is 4.90 Å². The van der Waals surface area contributed by atoms with E-state index >= 15 is 0 Å². The molecule has 1 amide bonds. The summed E-state index contributed by atoms with van der Waals surface area (Å²) < 4.78 is 6.07. The first-order valence-electron chi connectivity index (χ1n) is 5.72. The number of amides is 1. The number of rotatable bonds is 0. The normalized spacial score (nSPS) is 30.1. The number of alkyl halides is 1. The van der Waals surface area contributed by atoms with E-state index in [0.717, 1.165) is 11.1 Å². The monoisotopic (exact) mass is 295 g/mol. The molecule has 1 aromatic rings. The zero-order chi connectivity index (χ0) is 12.2. The van der Waals surface area contributed by atoms with Crippen LogP contribution in [-0.4, -0.2) is 27.8 Å².